The summed E-state index contributed by atoms with van der Waals surface area (Å²) in [6.45, 7) is 0.805. The average molecular weight is 391 g/mol. The maximum absolute atomic E-state index is 11.9. The van der Waals surface area contributed by atoms with Gasteiger partial charge in [0.1, 0.15) is 0 Å². The van der Waals surface area contributed by atoms with E-state index < -0.39 is 0 Å². The summed E-state index contributed by atoms with van der Waals surface area (Å²) in [7, 11) is 0. The molecule has 0 atom stereocenters. The Bertz CT molecular complexity index is 934. The molecule has 2 aromatic carbocycles. The summed E-state index contributed by atoms with van der Waals surface area (Å²) >= 11 is 1.63. The van der Waals surface area contributed by atoms with Gasteiger partial charge in [-0.25, -0.2) is 0 Å². The Labute approximate surface area is 168 Å². The van der Waals surface area contributed by atoms with Gasteiger partial charge in [0.25, 0.3) is 0 Å². The van der Waals surface area contributed by atoms with Crippen molar-refractivity contribution in [2.24, 2.45) is 0 Å². The van der Waals surface area contributed by atoms with Crippen molar-refractivity contribution >= 4 is 29.2 Å². The van der Waals surface area contributed by atoms with Crippen LogP contribution in [0.5, 0.6) is 0 Å². The Morgan fingerprint density at radius 1 is 0.857 bits per heavy atom. The number of amides is 2. The first-order valence-electron chi connectivity index (χ1n) is 9.12. The van der Waals surface area contributed by atoms with Crippen molar-refractivity contribution in [3.05, 3.63) is 89.3 Å². The van der Waals surface area contributed by atoms with Crippen molar-refractivity contribution in [3.8, 4) is 10.4 Å². The standard InChI is InChI=1S/C23H22N2O2S/c26-22(24-16-15-23(27)25-17-18-7-3-1-4-8-18)14-12-20-11-13-21(28-20)19-9-5-2-6-10-19/h1-14H,15-17H2,(H,24,26)(H,25,27)/b14-12+. The van der Waals surface area contributed by atoms with Crippen LogP contribution in [0.1, 0.15) is 16.9 Å². The van der Waals surface area contributed by atoms with E-state index in [0.29, 0.717) is 13.1 Å². The molecule has 0 aliphatic heterocycles. The van der Waals surface area contributed by atoms with Crippen LogP contribution in [0.4, 0.5) is 0 Å². The van der Waals surface area contributed by atoms with E-state index >= 15 is 0 Å². The number of hydrogen-bond donors (Lipinski definition) is 2. The molecular formula is C23H22N2O2S. The van der Waals surface area contributed by atoms with Crippen molar-refractivity contribution in [3.63, 3.8) is 0 Å². The predicted octanol–water partition coefficient (Wildman–Crippen LogP) is 4.25. The molecule has 1 heterocycles. The van der Waals surface area contributed by atoms with E-state index in [1.165, 1.54) is 6.08 Å². The highest BCUT2D eigenvalue weighted by molar-refractivity contribution is 7.16. The number of benzene rings is 2. The molecule has 0 spiro atoms. The third kappa shape index (κ3) is 6.21. The SMILES string of the molecule is O=C(/C=C/c1ccc(-c2ccccc2)s1)NCCC(=O)NCc1ccccc1. The lowest BCUT2D eigenvalue weighted by molar-refractivity contribution is -0.121. The van der Waals surface area contributed by atoms with Crippen LogP contribution in [-0.4, -0.2) is 18.4 Å². The molecule has 0 aliphatic rings. The largest absolute Gasteiger partial charge is 0.352 e. The second kappa shape index (κ2) is 10.2. The molecule has 0 saturated carbocycles. The van der Waals surface area contributed by atoms with Gasteiger partial charge in [-0.05, 0) is 29.3 Å². The van der Waals surface area contributed by atoms with Crippen LogP contribution in [0.2, 0.25) is 0 Å². The van der Waals surface area contributed by atoms with E-state index in [-0.39, 0.29) is 18.2 Å². The van der Waals surface area contributed by atoms with Gasteiger partial charge in [-0.1, -0.05) is 60.7 Å². The lowest BCUT2D eigenvalue weighted by Crippen LogP contribution is -2.29. The van der Waals surface area contributed by atoms with Crippen LogP contribution in [0.3, 0.4) is 0 Å². The third-order valence-electron chi connectivity index (χ3n) is 4.07. The third-order valence-corrected chi connectivity index (χ3v) is 5.17. The first kappa shape index (κ1) is 19.6. The molecular weight excluding hydrogens is 368 g/mol. The van der Waals surface area contributed by atoms with Crippen LogP contribution >= 0.6 is 11.3 Å². The van der Waals surface area contributed by atoms with Gasteiger partial charge in [-0.3, -0.25) is 9.59 Å². The molecule has 28 heavy (non-hydrogen) atoms. The van der Waals surface area contributed by atoms with Crippen LogP contribution < -0.4 is 10.6 Å². The highest BCUT2D eigenvalue weighted by Crippen LogP contribution is 2.28. The minimum atomic E-state index is -0.203. The topological polar surface area (TPSA) is 58.2 Å². The summed E-state index contributed by atoms with van der Waals surface area (Å²) in [5.41, 5.74) is 2.21. The fourth-order valence-corrected chi connectivity index (χ4v) is 3.52. The molecule has 0 radical (unpaired) electrons. The minimum absolute atomic E-state index is 0.0844. The van der Waals surface area contributed by atoms with E-state index in [9.17, 15) is 9.59 Å². The van der Waals surface area contributed by atoms with Crippen LogP contribution in [0.15, 0.2) is 78.9 Å². The van der Waals surface area contributed by atoms with Crippen LogP contribution in [-0.2, 0) is 16.1 Å². The van der Waals surface area contributed by atoms with Gasteiger partial charge in [0.2, 0.25) is 11.8 Å². The highest BCUT2D eigenvalue weighted by atomic mass is 32.1. The van der Waals surface area contributed by atoms with Crippen molar-refractivity contribution in [1.29, 1.82) is 0 Å². The van der Waals surface area contributed by atoms with E-state index in [1.807, 2.05) is 54.6 Å². The fraction of sp³-hybridized carbons (Fsp3) is 0.130. The summed E-state index contributed by atoms with van der Waals surface area (Å²) < 4.78 is 0. The number of thiophene rings is 1. The van der Waals surface area contributed by atoms with Gasteiger partial charge in [-0.15, -0.1) is 11.3 Å². The summed E-state index contributed by atoms with van der Waals surface area (Å²) in [5, 5.41) is 5.58. The molecule has 2 N–H and O–H groups in total. The Morgan fingerprint density at radius 3 is 2.32 bits per heavy atom. The summed E-state index contributed by atoms with van der Waals surface area (Å²) in [6.07, 6.45) is 3.55. The second-order valence-corrected chi connectivity index (χ2v) is 7.32. The molecule has 1 aromatic heterocycles. The second-order valence-electron chi connectivity index (χ2n) is 6.20. The number of rotatable bonds is 8. The Morgan fingerprint density at radius 2 is 1.57 bits per heavy atom. The van der Waals surface area contributed by atoms with Gasteiger partial charge < -0.3 is 10.6 Å². The Balaban J connectivity index is 1.38. The summed E-state index contributed by atoms with van der Waals surface area (Å²) in [5.74, 6) is -0.288. The Hall–Kier alpha value is -3.18. The quantitative estimate of drug-likeness (QED) is 0.565. The predicted molar refractivity (Wildman–Crippen MR) is 115 cm³/mol. The number of carbonyl (C=O) groups excluding carboxylic acids is 2. The number of nitrogens with one attached hydrogen (secondary N) is 2. The first-order chi connectivity index (χ1) is 13.7. The summed E-state index contributed by atoms with van der Waals surface area (Å²) in [4.78, 5) is 25.9. The zero-order valence-electron chi connectivity index (χ0n) is 15.4. The van der Waals surface area contributed by atoms with E-state index in [0.717, 1.165) is 20.9 Å². The maximum Gasteiger partial charge on any atom is 0.244 e. The zero-order valence-corrected chi connectivity index (χ0v) is 16.2. The number of hydrogen-bond acceptors (Lipinski definition) is 3. The molecule has 0 fully saturated rings. The summed E-state index contributed by atoms with van der Waals surface area (Å²) in [6, 6.07) is 23.9. The molecule has 3 rings (SSSR count). The van der Waals surface area contributed by atoms with Crippen molar-refractivity contribution in [1.82, 2.24) is 10.6 Å². The van der Waals surface area contributed by atoms with E-state index in [4.69, 9.17) is 0 Å². The van der Waals surface area contributed by atoms with Gasteiger partial charge in [0.05, 0.1) is 0 Å². The normalized spacial score (nSPS) is 10.7. The van der Waals surface area contributed by atoms with Crippen LogP contribution in [0, 0.1) is 0 Å². The lowest BCUT2D eigenvalue weighted by atomic mass is 10.2. The molecule has 0 saturated heterocycles. The van der Waals surface area contributed by atoms with Gasteiger partial charge in [0, 0.05) is 35.3 Å². The van der Waals surface area contributed by atoms with E-state index in [2.05, 4.69) is 28.8 Å². The van der Waals surface area contributed by atoms with Gasteiger partial charge in [0.15, 0.2) is 0 Å². The van der Waals surface area contributed by atoms with Crippen molar-refractivity contribution in [2.45, 2.75) is 13.0 Å². The first-order valence-corrected chi connectivity index (χ1v) is 9.94. The molecule has 4 nitrogen and oxygen atoms in total. The Kier molecular flexibility index (Phi) is 7.15. The molecule has 2 amide bonds. The van der Waals surface area contributed by atoms with Gasteiger partial charge in [-0.2, -0.15) is 0 Å². The average Bonchev–Trinajstić information content (AvgIpc) is 3.21. The lowest BCUT2D eigenvalue weighted by Gasteiger charge is -2.05. The molecule has 0 bridgehead atoms. The number of carbonyl (C=O) groups is 2. The van der Waals surface area contributed by atoms with E-state index in [1.54, 1.807) is 17.4 Å². The van der Waals surface area contributed by atoms with Crippen LogP contribution in [0.25, 0.3) is 16.5 Å². The zero-order chi connectivity index (χ0) is 19.6. The van der Waals surface area contributed by atoms with Crippen molar-refractivity contribution in [2.75, 3.05) is 6.54 Å². The monoisotopic (exact) mass is 390 g/mol. The molecule has 0 unspecified atom stereocenters. The molecule has 142 valence electrons. The smallest absolute Gasteiger partial charge is 0.244 e. The molecule has 3 aromatic rings. The van der Waals surface area contributed by atoms with Gasteiger partial charge >= 0.3 is 0 Å². The molecule has 5 heteroatoms. The minimum Gasteiger partial charge on any atom is -0.352 e. The fourth-order valence-electron chi connectivity index (χ4n) is 2.60. The highest BCUT2D eigenvalue weighted by Gasteiger charge is 2.03. The molecule has 0 aliphatic carbocycles. The maximum atomic E-state index is 11.9. The van der Waals surface area contributed by atoms with Crippen molar-refractivity contribution < 1.29 is 9.59 Å².